The fraction of sp³-hybridized carbons (Fsp3) is 0.0769. The Morgan fingerprint density at radius 2 is 1.97 bits per heavy atom. The van der Waals surface area contributed by atoms with E-state index in [1.54, 1.807) is 18.3 Å². The van der Waals surface area contributed by atoms with E-state index in [0.29, 0.717) is 10.3 Å². The number of nitro benzene ring substituents is 1. The van der Waals surface area contributed by atoms with Crippen molar-refractivity contribution in [1.82, 2.24) is 9.99 Å². The smallest absolute Gasteiger partial charge is 0.281 e. The number of hydrogen-bond acceptors (Lipinski definition) is 5. The summed E-state index contributed by atoms with van der Waals surface area (Å²) >= 11 is 1.27. The summed E-state index contributed by atoms with van der Waals surface area (Å²) in [5, 5.41) is 16.9. The Bertz CT molecular complexity index is 1580. The minimum atomic E-state index is -0.448. The number of aryl methyl sites for hydroxylation is 1. The van der Waals surface area contributed by atoms with Crippen molar-refractivity contribution in [2.45, 2.75) is 13.5 Å². The van der Waals surface area contributed by atoms with Gasteiger partial charge >= 0.3 is 0 Å². The topological polar surface area (TPSA) is 89.5 Å². The Labute approximate surface area is 199 Å². The minimum Gasteiger partial charge on any atom is -0.342 e. The van der Waals surface area contributed by atoms with E-state index >= 15 is 0 Å². The number of thiophene rings is 1. The van der Waals surface area contributed by atoms with Crippen LogP contribution in [0.25, 0.3) is 21.0 Å². The first kappa shape index (κ1) is 21.5. The summed E-state index contributed by atoms with van der Waals surface area (Å²) in [5.74, 6) is -0.358. The Hall–Kier alpha value is -4.30. The molecule has 0 radical (unpaired) electrons. The molecule has 2 aromatic heterocycles. The van der Waals surface area contributed by atoms with Gasteiger partial charge in [0.1, 0.15) is 0 Å². The van der Waals surface area contributed by atoms with Gasteiger partial charge in [-0.3, -0.25) is 14.9 Å². The summed E-state index contributed by atoms with van der Waals surface area (Å²) in [6.07, 6.45) is 3.67. The Balaban J connectivity index is 1.36. The summed E-state index contributed by atoms with van der Waals surface area (Å²) in [5.41, 5.74) is 6.98. The number of non-ortho nitro benzene ring substituents is 1. The van der Waals surface area contributed by atoms with Crippen molar-refractivity contribution in [3.05, 3.63) is 111 Å². The van der Waals surface area contributed by atoms with Crippen LogP contribution in [-0.2, 0) is 6.54 Å². The Morgan fingerprint density at radius 3 is 2.79 bits per heavy atom. The molecule has 3 aromatic carbocycles. The molecular formula is C26H20N4O3S. The SMILES string of the molecule is Cc1cccc(Cn2cc(C=NNC(=O)c3cc4cc([N+](=O)[O-])ccc4s3)c3ccccc32)c1. The number of nitro groups is 1. The van der Waals surface area contributed by atoms with Crippen molar-refractivity contribution in [1.29, 1.82) is 0 Å². The van der Waals surface area contributed by atoms with Gasteiger partial charge in [-0.25, -0.2) is 5.43 Å². The number of carbonyl (C=O) groups excluding carboxylic acids is 1. The maximum atomic E-state index is 12.6. The van der Waals surface area contributed by atoms with Gasteiger partial charge in [0.05, 0.1) is 16.0 Å². The molecule has 2 heterocycles. The van der Waals surface area contributed by atoms with Crippen LogP contribution in [-0.4, -0.2) is 21.6 Å². The second kappa shape index (κ2) is 8.92. The van der Waals surface area contributed by atoms with Gasteiger partial charge in [0.15, 0.2) is 0 Å². The van der Waals surface area contributed by atoms with Crippen LogP contribution in [0.5, 0.6) is 0 Å². The van der Waals surface area contributed by atoms with Crippen LogP contribution in [0.15, 0.2) is 84.1 Å². The zero-order chi connectivity index (χ0) is 23.7. The number of fused-ring (bicyclic) bond motifs is 2. The van der Waals surface area contributed by atoms with Gasteiger partial charge in [0, 0.05) is 51.4 Å². The van der Waals surface area contributed by atoms with E-state index in [-0.39, 0.29) is 11.6 Å². The molecule has 168 valence electrons. The van der Waals surface area contributed by atoms with Gasteiger partial charge in [-0.1, -0.05) is 48.0 Å². The van der Waals surface area contributed by atoms with Crippen LogP contribution >= 0.6 is 11.3 Å². The highest BCUT2D eigenvalue weighted by Gasteiger charge is 2.13. The summed E-state index contributed by atoms with van der Waals surface area (Å²) < 4.78 is 2.98. The molecule has 5 aromatic rings. The van der Waals surface area contributed by atoms with Gasteiger partial charge in [0.2, 0.25) is 0 Å². The van der Waals surface area contributed by atoms with Crippen molar-refractivity contribution >= 4 is 50.1 Å². The lowest BCUT2D eigenvalue weighted by molar-refractivity contribution is -0.384. The molecule has 0 atom stereocenters. The predicted molar refractivity (Wildman–Crippen MR) is 136 cm³/mol. The summed E-state index contributed by atoms with van der Waals surface area (Å²) in [6.45, 7) is 2.81. The molecule has 0 unspecified atom stereocenters. The number of carbonyl (C=O) groups is 1. The first-order valence-corrected chi connectivity index (χ1v) is 11.4. The van der Waals surface area contributed by atoms with Crippen LogP contribution in [0.2, 0.25) is 0 Å². The molecule has 1 amide bonds. The molecule has 0 saturated heterocycles. The van der Waals surface area contributed by atoms with Crippen LogP contribution < -0.4 is 5.43 Å². The first-order chi connectivity index (χ1) is 16.5. The Kier molecular flexibility index (Phi) is 5.65. The highest BCUT2D eigenvalue weighted by atomic mass is 32.1. The minimum absolute atomic E-state index is 0.00247. The number of para-hydroxylation sites is 1. The molecule has 0 bridgehead atoms. The molecule has 1 N–H and O–H groups in total. The number of hydrazone groups is 1. The van der Waals surface area contributed by atoms with Crippen LogP contribution in [0.4, 0.5) is 5.69 Å². The normalized spacial score (nSPS) is 11.4. The molecule has 0 fully saturated rings. The third-order valence-corrected chi connectivity index (χ3v) is 6.67. The molecule has 8 heteroatoms. The summed E-state index contributed by atoms with van der Waals surface area (Å²) in [7, 11) is 0. The van der Waals surface area contributed by atoms with E-state index in [0.717, 1.165) is 27.7 Å². The number of nitrogens with zero attached hydrogens (tertiary/aromatic N) is 3. The fourth-order valence-corrected chi connectivity index (χ4v) is 4.92. The highest BCUT2D eigenvalue weighted by molar-refractivity contribution is 7.20. The van der Waals surface area contributed by atoms with Crippen LogP contribution in [0.3, 0.4) is 0 Å². The van der Waals surface area contributed by atoms with E-state index < -0.39 is 4.92 Å². The van der Waals surface area contributed by atoms with Crippen LogP contribution in [0.1, 0.15) is 26.4 Å². The molecule has 0 aliphatic carbocycles. The van der Waals surface area contributed by atoms with E-state index in [1.807, 2.05) is 24.4 Å². The quantitative estimate of drug-likeness (QED) is 0.192. The van der Waals surface area contributed by atoms with Crippen molar-refractivity contribution in [2.75, 3.05) is 0 Å². The second-order valence-electron chi connectivity index (χ2n) is 8.01. The maximum absolute atomic E-state index is 12.6. The van der Waals surface area contributed by atoms with E-state index in [1.165, 1.54) is 34.6 Å². The average Bonchev–Trinajstić information content (AvgIpc) is 3.40. The lowest BCUT2D eigenvalue weighted by Gasteiger charge is -2.06. The van der Waals surface area contributed by atoms with Crippen molar-refractivity contribution in [2.24, 2.45) is 5.10 Å². The standard InChI is InChI=1S/C26H20N4O3S/c1-17-5-4-6-18(11-17)15-29-16-20(22-7-2-3-8-23(22)29)14-27-28-26(31)25-13-19-12-21(30(32)33)9-10-24(19)34-25/h2-14,16H,15H2,1H3,(H,28,31). The molecule has 0 spiro atoms. The van der Waals surface area contributed by atoms with Gasteiger partial charge in [-0.2, -0.15) is 5.10 Å². The number of aromatic nitrogens is 1. The zero-order valence-corrected chi connectivity index (χ0v) is 19.1. The van der Waals surface area contributed by atoms with Gasteiger partial charge in [-0.15, -0.1) is 11.3 Å². The molecule has 5 rings (SSSR count). The van der Waals surface area contributed by atoms with Gasteiger partial charge in [0.25, 0.3) is 11.6 Å². The zero-order valence-electron chi connectivity index (χ0n) is 18.3. The van der Waals surface area contributed by atoms with Gasteiger partial charge in [-0.05, 0) is 30.7 Å². The third-order valence-electron chi connectivity index (χ3n) is 5.56. The maximum Gasteiger partial charge on any atom is 0.281 e. The summed E-state index contributed by atoms with van der Waals surface area (Å²) in [4.78, 5) is 23.6. The predicted octanol–water partition coefficient (Wildman–Crippen LogP) is 5.88. The van der Waals surface area contributed by atoms with E-state index in [4.69, 9.17) is 0 Å². The summed E-state index contributed by atoms with van der Waals surface area (Å²) in [6, 6.07) is 22.7. The van der Waals surface area contributed by atoms with Crippen molar-refractivity contribution in [3.8, 4) is 0 Å². The van der Waals surface area contributed by atoms with E-state index in [9.17, 15) is 14.9 Å². The number of rotatable bonds is 6. The molecule has 0 aliphatic rings. The monoisotopic (exact) mass is 468 g/mol. The van der Waals surface area contributed by atoms with Crippen molar-refractivity contribution < 1.29 is 9.72 Å². The van der Waals surface area contributed by atoms with Crippen molar-refractivity contribution in [3.63, 3.8) is 0 Å². The first-order valence-electron chi connectivity index (χ1n) is 10.6. The third kappa shape index (κ3) is 4.31. The van der Waals surface area contributed by atoms with E-state index in [2.05, 4.69) is 52.3 Å². The number of nitrogens with one attached hydrogen (secondary N) is 1. The Morgan fingerprint density at radius 1 is 1.12 bits per heavy atom. The second-order valence-corrected chi connectivity index (χ2v) is 9.09. The highest BCUT2D eigenvalue weighted by Crippen LogP contribution is 2.29. The molecule has 34 heavy (non-hydrogen) atoms. The average molecular weight is 469 g/mol. The van der Waals surface area contributed by atoms with Crippen LogP contribution in [0, 0.1) is 17.0 Å². The fourth-order valence-electron chi connectivity index (χ4n) is 3.99. The number of amides is 1. The molecule has 0 aliphatic heterocycles. The number of benzene rings is 3. The molecular weight excluding hydrogens is 448 g/mol. The molecule has 7 nitrogen and oxygen atoms in total. The number of hydrogen-bond donors (Lipinski definition) is 1. The van der Waals surface area contributed by atoms with Gasteiger partial charge < -0.3 is 4.57 Å². The lowest BCUT2D eigenvalue weighted by atomic mass is 10.1. The largest absolute Gasteiger partial charge is 0.342 e. The lowest BCUT2D eigenvalue weighted by Crippen LogP contribution is -2.16. The molecule has 0 saturated carbocycles.